The molecule has 1 aromatic rings. The van der Waals surface area contributed by atoms with E-state index in [-0.39, 0.29) is 5.82 Å². The number of hydrogen-bond acceptors (Lipinski definition) is 5. The van der Waals surface area contributed by atoms with Crippen molar-refractivity contribution in [3.8, 4) is 0 Å². The highest BCUT2D eigenvalue weighted by Gasteiger charge is 2.38. The lowest BCUT2D eigenvalue weighted by atomic mass is 10.0. The predicted molar refractivity (Wildman–Crippen MR) is 42.8 cm³/mol. The van der Waals surface area contributed by atoms with Gasteiger partial charge in [-0.3, -0.25) is 9.59 Å². The third-order valence-corrected chi connectivity index (χ3v) is 2.15. The van der Waals surface area contributed by atoms with Gasteiger partial charge in [-0.15, -0.1) is 10.2 Å². The number of likely N-dealkylation sites (tertiary alicyclic amines) is 1. The zero-order valence-corrected chi connectivity index (χ0v) is 7.17. The number of nitrogens with one attached hydrogen (secondary N) is 1. The van der Waals surface area contributed by atoms with Crippen LogP contribution in [-0.2, 0) is 4.79 Å². The molecule has 1 aliphatic heterocycles. The molecule has 8 nitrogen and oxygen atoms in total. The van der Waals surface area contributed by atoms with Crippen molar-refractivity contribution in [2.24, 2.45) is 5.73 Å². The number of H-pyrrole nitrogens is 1. The molecule has 0 aliphatic carbocycles. The summed E-state index contributed by atoms with van der Waals surface area (Å²) in [4.78, 5) is 23.7. The van der Waals surface area contributed by atoms with Crippen LogP contribution in [0.4, 0.5) is 0 Å². The predicted octanol–water partition coefficient (Wildman–Crippen LogP) is -2.10. The molecule has 3 N–H and O–H groups in total. The standard InChI is InChI=1S/C6H8N6O2/c7-4(13)3-1-2-12(3)6(14)5-8-10-11-9-5/h3H,1-2H2,(H2,7,13)(H,8,9,10,11). The molecule has 0 saturated carbocycles. The highest BCUT2D eigenvalue weighted by atomic mass is 16.2. The van der Waals surface area contributed by atoms with E-state index in [1.165, 1.54) is 4.90 Å². The Morgan fingerprint density at radius 2 is 2.36 bits per heavy atom. The van der Waals surface area contributed by atoms with Gasteiger partial charge >= 0.3 is 0 Å². The lowest BCUT2D eigenvalue weighted by Gasteiger charge is -2.37. The summed E-state index contributed by atoms with van der Waals surface area (Å²) >= 11 is 0. The van der Waals surface area contributed by atoms with Crippen LogP contribution in [0, 0.1) is 0 Å². The second kappa shape index (κ2) is 3.05. The van der Waals surface area contributed by atoms with Crippen molar-refractivity contribution in [2.45, 2.75) is 12.5 Å². The average molecular weight is 196 g/mol. The number of aromatic nitrogens is 4. The zero-order valence-electron chi connectivity index (χ0n) is 7.17. The van der Waals surface area contributed by atoms with Gasteiger partial charge < -0.3 is 10.6 Å². The van der Waals surface area contributed by atoms with Crippen LogP contribution in [0.2, 0.25) is 0 Å². The van der Waals surface area contributed by atoms with Crippen LogP contribution in [0.15, 0.2) is 0 Å². The highest BCUT2D eigenvalue weighted by molar-refractivity contribution is 5.95. The van der Waals surface area contributed by atoms with E-state index < -0.39 is 17.9 Å². The Hall–Kier alpha value is -1.99. The van der Waals surface area contributed by atoms with Crippen molar-refractivity contribution in [3.63, 3.8) is 0 Å². The van der Waals surface area contributed by atoms with Crippen molar-refractivity contribution in [3.05, 3.63) is 5.82 Å². The Morgan fingerprint density at radius 1 is 1.57 bits per heavy atom. The molecule has 1 fully saturated rings. The van der Waals surface area contributed by atoms with Gasteiger partial charge in [0.25, 0.3) is 11.7 Å². The number of carbonyl (C=O) groups excluding carboxylic acids is 2. The highest BCUT2D eigenvalue weighted by Crippen LogP contribution is 2.18. The van der Waals surface area contributed by atoms with Crippen molar-refractivity contribution >= 4 is 11.8 Å². The van der Waals surface area contributed by atoms with Crippen molar-refractivity contribution in [1.29, 1.82) is 0 Å². The third kappa shape index (κ3) is 1.20. The first-order chi connectivity index (χ1) is 6.70. The Balaban J connectivity index is 2.10. The fraction of sp³-hybridized carbons (Fsp3) is 0.500. The van der Waals surface area contributed by atoms with E-state index in [4.69, 9.17) is 5.73 Å². The summed E-state index contributed by atoms with van der Waals surface area (Å²) in [6.45, 7) is 0.501. The normalized spacial score (nSPS) is 20.3. The molecular formula is C6H8N6O2. The van der Waals surface area contributed by atoms with Gasteiger partial charge in [0.05, 0.1) is 0 Å². The Labute approximate surface area is 78.4 Å². The molecule has 1 aromatic heterocycles. The summed E-state index contributed by atoms with van der Waals surface area (Å²) in [5.41, 5.74) is 5.08. The van der Waals surface area contributed by atoms with E-state index >= 15 is 0 Å². The van der Waals surface area contributed by atoms with Gasteiger partial charge in [-0.2, -0.15) is 5.21 Å². The largest absolute Gasteiger partial charge is 0.368 e. The summed E-state index contributed by atoms with van der Waals surface area (Å²) in [6, 6.07) is -0.527. The summed E-state index contributed by atoms with van der Waals surface area (Å²) < 4.78 is 0. The minimum Gasteiger partial charge on any atom is -0.368 e. The van der Waals surface area contributed by atoms with Crippen molar-refractivity contribution < 1.29 is 9.59 Å². The number of rotatable bonds is 2. The van der Waals surface area contributed by atoms with E-state index in [1.54, 1.807) is 0 Å². The molecule has 2 heterocycles. The van der Waals surface area contributed by atoms with Crippen molar-refractivity contribution in [1.82, 2.24) is 25.5 Å². The van der Waals surface area contributed by atoms with Gasteiger partial charge in [-0.25, -0.2) is 0 Å². The lowest BCUT2D eigenvalue weighted by molar-refractivity contribution is -0.125. The summed E-state index contributed by atoms with van der Waals surface area (Å²) in [7, 11) is 0. The monoisotopic (exact) mass is 196 g/mol. The maximum atomic E-state index is 11.5. The van der Waals surface area contributed by atoms with E-state index in [2.05, 4.69) is 20.6 Å². The van der Waals surface area contributed by atoms with Crippen LogP contribution < -0.4 is 5.73 Å². The molecule has 0 bridgehead atoms. The van der Waals surface area contributed by atoms with E-state index in [0.29, 0.717) is 13.0 Å². The van der Waals surface area contributed by atoms with Gasteiger partial charge in [0, 0.05) is 6.54 Å². The van der Waals surface area contributed by atoms with Crippen LogP contribution in [0.1, 0.15) is 17.0 Å². The Kier molecular flexibility index (Phi) is 1.88. The minimum atomic E-state index is -0.527. The van der Waals surface area contributed by atoms with Gasteiger partial charge in [0.2, 0.25) is 5.91 Å². The number of amides is 2. The summed E-state index contributed by atoms with van der Waals surface area (Å²) in [5, 5.41) is 12.5. The number of carbonyl (C=O) groups is 2. The lowest BCUT2D eigenvalue weighted by Crippen LogP contribution is -2.57. The average Bonchev–Trinajstić information content (AvgIpc) is 2.51. The third-order valence-electron chi connectivity index (χ3n) is 2.15. The Morgan fingerprint density at radius 3 is 2.79 bits per heavy atom. The van der Waals surface area contributed by atoms with Crippen LogP contribution in [0.3, 0.4) is 0 Å². The minimum absolute atomic E-state index is 0.0454. The number of nitrogens with zero attached hydrogens (tertiary/aromatic N) is 4. The fourth-order valence-electron chi connectivity index (χ4n) is 1.31. The summed E-state index contributed by atoms with van der Waals surface area (Å²) in [5.74, 6) is -0.974. The SMILES string of the molecule is NC(=O)C1CCN1C(=O)c1nn[nH]n1. The molecule has 1 atom stereocenters. The summed E-state index contributed by atoms with van der Waals surface area (Å²) in [6.07, 6.45) is 0.596. The van der Waals surface area contributed by atoms with Gasteiger partial charge in [0.15, 0.2) is 0 Å². The smallest absolute Gasteiger partial charge is 0.296 e. The van der Waals surface area contributed by atoms with Crippen LogP contribution in [0.5, 0.6) is 0 Å². The number of primary amides is 1. The molecule has 74 valence electrons. The number of aromatic amines is 1. The van der Waals surface area contributed by atoms with Gasteiger partial charge in [0.1, 0.15) is 6.04 Å². The molecule has 0 spiro atoms. The maximum Gasteiger partial charge on any atom is 0.296 e. The molecule has 2 rings (SSSR count). The van der Waals surface area contributed by atoms with Crippen molar-refractivity contribution in [2.75, 3.05) is 6.54 Å². The van der Waals surface area contributed by atoms with E-state index in [0.717, 1.165) is 0 Å². The number of hydrogen-bond donors (Lipinski definition) is 2. The molecule has 1 saturated heterocycles. The Bertz CT molecular complexity index is 360. The first-order valence-corrected chi connectivity index (χ1v) is 4.04. The van der Waals surface area contributed by atoms with E-state index in [9.17, 15) is 9.59 Å². The molecule has 1 unspecified atom stereocenters. The second-order valence-electron chi connectivity index (χ2n) is 2.94. The molecule has 0 radical (unpaired) electrons. The van der Waals surface area contributed by atoms with E-state index in [1.807, 2.05) is 0 Å². The van der Waals surface area contributed by atoms with Gasteiger partial charge in [-0.1, -0.05) is 0 Å². The fourth-order valence-corrected chi connectivity index (χ4v) is 1.31. The van der Waals surface area contributed by atoms with Crippen LogP contribution in [-0.4, -0.2) is 49.9 Å². The maximum absolute atomic E-state index is 11.5. The van der Waals surface area contributed by atoms with Crippen LogP contribution >= 0.6 is 0 Å². The topological polar surface area (TPSA) is 118 Å². The van der Waals surface area contributed by atoms with Crippen LogP contribution in [0.25, 0.3) is 0 Å². The quantitative estimate of drug-likeness (QED) is 0.561. The molecule has 0 aromatic carbocycles. The number of tetrazole rings is 1. The first kappa shape index (κ1) is 8.60. The molecule has 2 amide bonds. The molecular weight excluding hydrogens is 188 g/mol. The molecule has 14 heavy (non-hydrogen) atoms. The first-order valence-electron chi connectivity index (χ1n) is 4.04. The number of nitrogens with two attached hydrogens (primary N) is 1. The molecule has 1 aliphatic rings. The molecule has 8 heteroatoms. The van der Waals surface area contributed by atoms with Gasteiger partial charge in [-0.05, 0) is 11.6 Å². The second-order valence-corrected chi connectivity index (χ2v) is 2.94. The zero-order chi connectivity index (χ0) is 10.1.